The Kier molecular flexibility index (Phi) is 5.20. The number of hydrogen-bond donors (Lipinski definition) is 0. The number of hydrogen-bond acceptors (Lipinski definition) is 5. The Labute approximate surface area is 156 Å². The van der Waals surface area contributed by atoms with E-state index in [-0.39, 0.29) is 23.1 Å². The van der Waals surface area contributed by atoms with Crippen molar-refractivity contribution < 1.29 is 22.0 Å². The monoisotopic (exact) mass is 388 g/mol. The molecule has 3 rings (SSSR count). The fourth-order valence-electron chi connectivity index (χ4n) is 2.49. The summed E-state index contributed by atoms with van der Waals surface area (Å²) in [5.41, 5.74) is 1.29. The van der Waals surface area contributed by atoms with Crippen LogP contribution in [0.1, 0.15) is 23.0 Å². The summed E-state index contributed by atoms with van der Waals surface area (Å²) in [6.45, 7) is 1.39. The molecule has 0 atom stereocenters. The Morgan fingerprint density at radius 1 is 1.19 bits per heavy atom. The van der Waals surface area contributed by atoms with Crippen molar-refractivity contribution in [2.24, 2.45) is 0 Å². The largest absolute Gasteiger partial charge is 0.444 e. The summed E-state index contributed by atoms with van der Waals surface area (Å²) in [4.78, 5) is 15.6. The molecule has 0 N–H and O–H groups in total. The Balaban J connectivity index is 1.78. The fraction of sp³-hybridized carbons (Fsp3) is 0.158. The van der Waals surface area contributed by atoms with Crippen molar-refractivity contribution in [2.45, 2.75) is 18.4 Å². The van der Waals surface area contributed by atoms with Gasteiger partial charge in [0, 0.05) is 18.2 Å². The maximum atomic E-state index is 13.3. The van der Waals surface area contributed by atoms with Crippen molar-refractivity contribution >= 4 is 15.8 Å². The van der Waals surface area contributed by atoms with Gasteiger partial charge >= 0.3 is 0 Å². The summed E-state index contributed by atoms with van der Waals surface area (Å²) in [6.07, 6.45) is 1.34. The molecular formula is C19H17FN2O4S. The highest BCUT2D eigenvalue weighted by atomic mass is 32.2. The number of halogens is 1. The summed E-state index contributed by atoms with van der Waals surface area (Å²) < 4.78 is 45.1. The van der Waals surface area contributed by atoms with Gasteiger partial charge in [0.15, 0.2) is 5.78 Å². The van der Waals surface area contributed by atoms with E-state index < -0.39 is 15.8 Å². The zero-order chi connectivity index (χ0) is 19.6. The van der Waals surface area contributed by atoms with Gasteiger partial charge in [-0.15, -0.1) is 0 Å². The molecule has 0 aliphatic carbocycles. The van der Waals surface area contributed by atoms with E-state index in [1.54, 1.807) is 6.07 Å². The highest BCUT2D eigenvalue weighted by Gasteiger charge is 2.22. The lowest BCUT2D eigenvalue weighted by Crippen LogP contribution is -2.26. The Hall–Kier alpha value is -2.84. The van der Waals surface area contributed by atoms with Gasteiger partial charge in [-0.2, -0.15) is 4.31 Å². The average Bonchev–Trinajstić information content (AvgIpc) is 3.10. The number of aromatic nitrogens is 1. The highest BCUT2D eigenvalue weighted by Crippen LogP contribution is 2.22. The first kappa shape index (κ1) is 18.9. The molecule has 2 aromatic carbocycles. The molecule has 0 aliphatic heterocycles. The normalized spacial score (nSPS) is 11.7. The van der Waals surface area contributed by atoms with Crippen LogP contribution in [0.15, 0.2) is 64.1 Å². The Morgan fingerprint density at radius 3 is 2.52 bits per heavy atom. The minimum Gasteiger partial charge on any atom is -0.444 e. The zero-order valence-electron chi connectivity index (χ0n) is 14.7. The predicted octanol–water partition coefficient (Wildman–Crippen LogP) is 3.50. The second-order valence-corrected chi connectivity index (χ2v) is 8.04. The first-order valence-electron chi connectivity index (χ1n) is 8.05. The number of carbonyl (C=O) groups is 1. The summed E-state index contributed by atoms with van der Waals surface area (Å²) in [5, 5.41) is 0. The summed E-state index contributed by atoms with van der Waals surface area (Å²) in [7, 11) is -2.34. The lowest BCUT2D eigenvalue weighted by Gasteiger charge is -2.15. The molecule has 0 amide bonds. The number of nitrogens with zero attached hydrogens (tertiary/aromatic N) is 2. The van der Waals surface area contributed by atoms with Crippen molar-refractivity contribution in [3.8, 4) is 11.5 Å². The maximum Gasteiger partial charge on any atom is 0.243 e. The molecule has 0 saturated heterocycles. The van der Waals surface area contributed by atoms with Crippen molar-refractivity contribution in [2.75, 3.05) is 7.05 Å². The summed E-state index contributed by atoms with van der Waals surface area (Å²) in [6, 6.07) is 11.5. The third-order valence-corrected chi connectivity index (χ3v) is 5.79. The van der Waals surface area contributed by atoms with Crippen molar-refractivity contribution in [3.05, 3.63) is 71.9 Å². The molecule has 0 bridgehead atoms. The minimum absolute atomic E-state index is 0.0182. The van der Waals surface area contributed by atoms with Gasteiger partial charge < -0.3 is 4.42 Å². The van der Waals surface area contributed by atoms with Crippen LogP contribution in [-0.4, -0.2) is 30.5 Å². The molecule has 0 aliphatic rings. The first-order chi connectivity index (χ1) is 12.8. The van der Waals surface area contributed by atoms with E-state index in [0.29, 0.717) is 16.8 Å². The molecule has 0 spiro atoms. The number of Topliss-reactive ketones (excluding diaryl/α,β-unsaturated/α-hetero) is 1. The maximum absolute atomic E-state index is 13.3. The molecule has 0 radical (unpaired) electrons. The van der Waals surface area contributed by atoms with E-state index >= 15 is 0 Å². The third kappa shape index (κ3) is 4.12. The molecule has 8 heteroatoms. The predicted molar refractivity (Wildman–Crippen MR) is 97.0 cm³/mol. The molecule has 27 heavy (non-hydrogen) atoms. The van der Waals surface area contributed by atoms with Gasteiger partial charge in [-0.05, 0) is 37.3 Å². The van der Waals surface area contributed by atoms with Crippen molar-refractivity contribution in [1.29, 1.82) is 0 Å². The molecule has 140 valence electrons. The molecule has 0 saturated carbocycles. The average molecular weight is 388 g/mol. The second-order valence-electron chi connectivity index (χ2n) is 6.00. The van der Waals surface area contributed by atoms with Crippen LogP contribution >= 0.6 is 0 Å². The Bertz CT molecular complexity index is 1080. The van der Waals surface area contributed by atoms with Gasteiger partial charge in [-0.1, -0.05) is 18.2 Å². The number of carbonyl (C=O) groups excluding carboxylic acids is 1. The summed E-state index contributed by atoms with van der Waals surface area (Å²) in [5.74, 6) is -0.346. The van der Waals surface area contributed by atoms with Gasteiger partial charge in [0.25, 0.3) is 0 Å². The van der Waals surface area contributed by atoms with Gasteiger partial charge in [0.05, 0.1) is 17.1 Å². The van der Waals surface area contributed by atoms with Crippen LogP contribution in [0.3, 0.4) is 0 Å². The molecule has 3 aromatic rings. The number of benzene rings is 2. The fourth-order valence-corrected chi connectivity index (χ4v) is 3.63. The van der Waals surface area contributed by atoms with Gasteiger partial charge in [0.2, 0.25) is 15.9 Å². The van der Waals surface area contributed by atoms with Crippen molar-refractivity contribution in [3.63, 3.8) is 0 Å². The van der Waals surface area contributed by atoms with Crippen LogP contribution in [-0.2, 0) is 16.6 Å². The number of rotatable bonds is 6. The second kappa shape index (κ2) is 7.42. The standard InChI is InChI=1S/C19H17FN2O4S/c1-13(23)14-6-8-18(9-7-14)27(24,25)22(2)11-17-12-26-19(21-17)15-4-3-5-16(20)10-15/h3-10,12H,11H2,1-2H3. The SMILES string of the molecule is CC(=O)c1ccc(S(=O)(=O)N(C)Cc2coc(-c3cccc(F)c3)n2)cc1. The lowest BCUT2D eigenvalue weighted by molar-refractivity contribution is 0.101. The van der Waals surface area contributed by atoms with E-state index in [1.165, 1.54) is 62.7 Å². The van der Waals surface area contributed by atoms with Gasteiger partial charge in [0.1, 0.15) is 12.1 Å². The molecule has 0 fully saturated rings. The number of sulfonamides is 1. The van der Waals surface area contributed by atoms with Crippen LogP contribution in [0.4, 0.5) is 4.39 Å². The first-order valence-corrected chi connectivity index (χ1v) is 9.49. The van der Waals surface area contributed by atoms with Gasteiger partial charge in [-0.25, -0.2) is 17.8 Å². The number of oxazole rings is 1. The third-order valence-electron chi connectivity index (χ3n) is 3.98. The smallest absolute Gasteiger partial charge is 0.243 e. The van der Waals surface area contributed by atoms with Gasteiger partial charge in [-0.3, -0.25) is 4.79 Å². The quantitative estimate of drug-likeness (QED) is 0.604. The molecule has 1 heterocycles. The molecule has 6 nitrogen and oxygen atoms in total. The summed E-state index contributed by atoms with van der Waals surface area (Å²) >= 11 is 0. The van der Waals surface area contributed by atoms with Crippen LogP contribution in [0.2, 0.25) is 0 Å². The zero-order valence-corrected chi connectivity index (χ0v) is 15.5. The van der Waals surface area contributed by atoms with E-state index in [2.05, 4.69) is 4.98 Å². The van der Waals surface area contributed by atoms with E-state index in [0.717, 1.165) is 4.31 Å². The lowest BCUT2D eigenvalue weighted by atomic mass is 10.2. The van der Waals surface area contributed by atoms with Crippen molar-refractivity contribution in [1.82, 2.24) is 9.29 Å². The Morgan fingerprint density at radius 2 is 1.89 bits per heavy atom. The van der Waals surface area contributed by atoms with E-state index in [9.17, 15) is 17.6 Å². The van der Waals surface area contributed by atoms with Crippen LogP contribution in [0.5, 0.6) is 0 Å². The van der Waals surface area contributed by atoms with Crippen LogP contribution < -0.4 is 0 Å². The molecular weight excluding hydrogens is 371 g/mol. The molecule has 1 aromatic heterocycles. The molecule has 0 unspecified atom stereocenters. The topological polar surface area (TPSA) is 80.5 Å². The highest BCUT2D eigenvalue weighted by molar-refractivity contribution is 7.89. The minimum atomic E-state index is -3.76. The van der Waals surface area contributed by atoms with E-state index in [1.807, 2.05) is 0 Å². The van der Waals surface area contributed by atoms with Crippen LogP contribution in [0.25, 0.3) is 11.5 Å². The number of ketones is 1. The van der Waals surface area contributed by atoms with Crippen LogP contribution in [0, 0.1) is 5.82 Å². The van der Waals surface area contributed by atoms with E-state index in [4.69, 9.17) is 4.42 Å².